The van der Waals surface area contributed by atoms with Crippen LogP contribution < -0.4 is 0 Å². The minimum absolute atomic E-state index is 0.0654. The highest BCUT2D eigenvalue weighted by molar-refractivity contribution is 5.94. The number of hydrogen-bond donors (Lipinski definition) is 1. The third kappa shape index (κ3) is 4.68. The summed E-state index contributed by atoms with van der Waals surface area (Å²) in [6.07, 6.45) is 2.49. The molecule has 0 saturated carbocycles. The van der Waals surface area contributed by atoms with Gasteiger partial charge in [0, 0.05) is 12.5 Å². The number of Topliss-reactive ketones (excluding diaryl/α,β-unsaturated/α-hetero) is 1. The number of aliphatic carboxylic acids is 1. The van der Waals surface area contributed by atoms with Crippen LogP contribution in [0.2, 0.25) is 0 Å². The van der Waals surface area contributed by atoms with Crippen LogP contribution in [0.4, 0.5) is 0 Å². The largest absolute Gasteiger partial charge is 0.478 e. The van der Waals surface area contributed by atoms with E-state index in [1.54, 1.807) is 19.1 Å². The minimum Gasteiger partial charge on any atom is -0.478 e. The maximum absolute atomic E-state index is 11.9. The third-order valence-corrected chi connectivity index (χ3v) is 2.49. The molecule has 1 N–H and O–H groups in total. The van der Waals surface area contributed by atoms with Crippen LogP contribution in [0, 0.1) is 0 Å². The summed E-state index contributed by atoms with van der Waals surface area (Å²) in [6, 6.07) is 4.81. The molecule has 0 aromatic heterocycles. The van der Waals surface area contributed by atoms with E-state index in [1.165, 1.54) is 19.1 Å². The first-order valence-corrected chi connectivity index (χ1v) is 6.14. The Hall–Kier alpha value is -2.43. The summed E-state index contributed by atoms with van der Waals surface area (Å²) >= 11 is 0. The number of carbonyl (C=O) groups excluding carboxylic acids is 2. The normalized spacial score (nSPS) is 10.5. The number of carboxylic acid groups (broad SMARTS) is 1. The third-order valence-electron chi connectivity index (χ3n) is 2.49. The van der Waals surface area contributed by atoms with Gasteiger partial charge in [-0.1, -0.05) is 12.1 Å². The van der Waals surface area contributed by atoms with Crippen LogP contribution in [0.15, 0.2) is 24.3 Å². The fourth-order valence-electron chi connectivity index (χ4n) is 1.69. The second-order valence-electron chi connectivity index (χ2n) is 4.19. The lowest BCUT2D eigenvalue weighted by molar-refractivity contribution is -0.131. The van der Waals surface area contributed by atoms with E-state index < -0.39 is 11.9 Å². The quantitative estimate of drug-likeness (QED) is 0.635. The molecule has 0 atom stereocenters. The van der Waals surface area contributed by atoms with E-state index in [1.807, 2.05) is 0 Å². The van der Waals surface area contributed by atoms with Crippen molar-refractivity contribution < 1.29 is 24.2 Å². The molecule has 0 fully saturated rings. The Kier molecular flexibility index (Phi) is 5.65. The molecule has 0 aliphatic carbocycles. The molecule has 0 spiro atoms. The van der Waals surface area contributed by atoms with Gasteiger partial charge in [-0.25, -0.2) is 9.59 Å². The van der Waals surface area contributed by atoms with Crippen LogP contribution in [-0.2, 0) is 20.7 Å². The summed E-state index contributed by atoms with van der Waals surface area (Å²) in [6.45, 7) is 3.36. The lowest BCUT2D eigenvalue weighted by Crippen LogP contribution is -2.10. The highest BCUT2D eigenvalue weighted by Crippen LogP contribution is 2.16. The molecule has 0 saturated heterocycles. The Labute approximate surface area is 116 Å². The van der Waals surface area contributed by atoms with Gasteiger partial charge in [-0.3, -0.25) is 4.79 Å². The van der Waals surface area contributed by atoms with E-state index in [2.05, 4.69) is 0 Å². The van der Waals surface area contributed by atoms with E-state index in [9.17, 15) is 14.4 Å². The zero-order valence-electron chi connectivity index (χ0n) is 11.4. The molecule has 0 bridgehead atoms. The fraction of sp³-hybridized carbons (Fsp3) is 0.267. The Bertz CT molecular complexity index is 557. The van der Waals surface area contributed by atoms with Gasteiger partial charge in [0.1, 0.15) is 5.78 Å². The highest BCUT2D eigenvalue weighted by atomic mass is 16.5. The summed E-state index contributed by atoms with van der Waals surface area (Å²) in [5.74, 6) is -1.66. The second kappa shape index (κ2) is 7.23. The van der Waals surface area contributed by atoms with Gasteiger partial charge in [0.15, 0.2) is 0 Å². The number of ketones is 1. The van der Waals surface area contributed by atoms with E-state index in [0.29, 0.717) is 11.1 Å². The van der Waals surface area contributed by atoms with Gasteiger partial charge in [-0.2, -0.15) is 0 Å². The number of carbonyl (C=O) groups is 3. The molecule has 0 radical (unpaired) electrons. The van der Waals surface area contributed by atoms with Gasteiger partial charge in [0.2, 0.25) is 0 Å². The zero-order valence-corrected chi connectivity index (χ0v) is 11.4. The zero-order chi connectivity index (χ0) is 15.1. The molecule has 106 valence electrons. The second-order valence-corrected chi connectivity index (χ2v) is 4.19. The lowest BCUT2D eigenvalue weighted by atomic mass is 9.99. The first kappa shape index (κ1) is 15.6. The van der Waals surface area contributed by atoms with Gasteiger partial charge >= 0.3 is 11.9 Å². The van der Waals surface area contributed by atoms with Crippen LogP contribution in [0.5, 0.6) is 0 Å². The first-order valence-electron chi connectivity index (χ1n) is 6.14. The molecule has 5 heteroatoms. The molecule has 0 amide bonds. The molecule has 0 unspecified atom stereocenters. The molecule has 1 rings (SSSR count). The van der Waals surface area contributed by atoms with E-state index in [-0.39, 0.29) is 24.4 Å². The summed E-state index contributed by atoms with van der Waals surface area (Å²) in [4.78, 5) is 33.5. The van der Waals surface area contributed by atoms with Crippen molar-refractivity contribution >= 4 is 23.8 Å². The Morgan fingerprint density at radius 3 is 2.55 bits per heavy atom. The monoisotopic (exact) mass is 276 g/mol. The number of rotatable bonds is 6. The molecule has 0 heterocycles. The molecule has 1 aromatic rings. The number of benzene rings is 1. The van der Waals surface area contributed by atoms with Crippen LogP contribution >= 0.6 is 0 Å². The van der Waals surface area contributed by atoms with Crippen molar-refractivity contribution in [3.63, 3.8) is 0 Å². The van der Waals surface area contributed by atoms with Gasteiger partial charge in [0.05, 0.1) is 12.2 Å². The Morgan fingerprint density at radius 2 is 2.00 bits per heavy atom. The molecular weight excluding hydrogens is 260 g/mol. The maximum Gasteiger partial charge on any atom is 0.338 e. The van der Waals surface area contributed by atoms with Gasteiger partial charge in [-0.15, -0.1) is 0 Å². The summed E-state index contributed by atoms with van der Waals surface area (Å²) < 4.78 is 4.94. The Balaban J connectivity index is 3.17. The van der Waals surface area contributed by atoms with Gasteiger partial charge in [-0.05, 0) is 37.1 Å². The lowest BCUT2D eigenvalue weighted by Gasteiger charge is -2.08. The van der Waals surface area contributed by atoms with Crippen LogP contribution in [0.1, 0.15) is 35.3 Å². The van der Waals surface area contributed by atoms with Crippen LogP contribution in [0.3, 0.4) is 0 Å². The predicted octanol–water partition coefficient (Wildman–Crippen LogP) is 2.09. The van der Waals surface area contributed by atoms with Crippen molar-refractivity contribution in [2.75, 3.05) is 6.61 Å². The molecule has 1 aromatic carbocycles. The number of hydrogen-bond acceptors (Lipinski definition) is 4. The minimum atomic E-state index is -1.07. The van der Waals surface area contributed by atoms with Crippen molar-refractivity contribution in [3.05, 3.63) is 41.0 Å². The van der Waals surface area contributed by atoms with Crippen molar-refractivity contribution in [3.8, 4) is 0 Å². The predicted molar refractivity (Wildman–Crippen MR) is 73.5 cm³/mol. The first-order chi connectivity index (χ1) is 9.43. The maximum atomic E-state index is 11.9. The standard InChI is InChI=1S/C15H16O5/c1-3-20-15(19)13-9-11(5-7-14(17)18)4-6-12(13)8-10(2)16/h4-7,9H,3,8H2,1-2H3,(H,17,18)/b7-5+. The molecule has 0 aliphatic rings. The van der Waals surface area contributed by atoms with Gasteiger partial charge in [0.25, 0.3) is 0 Å². The number of carboxylic acids is 1. The van der Waals surface area contributed by atoms with E-state index >= 15 is 0 Å². The molecule has 20 heavy (non-hydrogen) atoms. The Morgan fingerprint density at radius 1 is 1.30 bits per heavy atom. The molecule has 5 nitrogen and oxygen atoms in total. The average Bonchev–Trinajstić information content (AvgIpc) is 2.37. The number of esters is 1. The summed E-state index contributed by atoms with van der Waals surface area (Å²) in [5.41, 5.74) is 1.42. The molecular formula is C15H16O5. The SMILES string of the molecule is CCOC(=O)c1cc(/C=C/C(=O)O)ccc1CC(C)=O. The topological polar surface area (TPSA) is 80.7 Å². The molecule has 0 aliphatic heterocycles. The number of ether oxygens (including phenoxy) is 1. The summed E-state index contributed by atoms with van der Waals surface area (Å²) in [5, 5.41) is 8.59. The summed E-state index contributed by atoms with van der Waals surface area (Å²) in [7, 11) is 0. The smallest absolute Gasteiger partial charge is 0.338 e. The van der Waals surface area contributed by atoms with Crippen molar-refractivity contribution in [1.29, 1.82) is 0 Å². The van der Waals surface area contributed by atoms with Gasteiger partial charge < -0.3 is 9.84 Å². The fourth-order valence-corrected chi connectivity index (χ4v) is 1.69. The van der Waals surface area contributed by atoms with Crippen LogP contribution in [-0.4, -0.2) is 29.4 Å². The van der Waals surface area contributed by atoms with Crippen molar-refractivity contribution in [1.82, 2.24) is 0 Å². The van der Waals surface area contributed by atoms with Crippen LogP contribution in [0.25, 0.3) is 6.08 Å². The average molecular weight is 276 g/mol. The van der Waals surface area contributed by atoms with Crippen molar-refractivity contribution in [2.24, 2.45) is 0 Å². The highest BCUT2D eigenvalue weighted by Gasteiger charge is 2.14. The van der Waals surface area contributed by atoms with E-state index in [0.717, 1.165) is 6.08 Å². The van der Waals surface area contributed by atoms with Crippen molar-refractivity contribution in [2.45, 2.75) is 20.3 Å². The van der Waals surface area contributed by atoms with E-state index in [4.69, 9.17) is 9.84 Å².